The summed E-state index contributed by atoms with van der Waals surface area (Å²) in [6, 6.07) is 0. The molecule has 0 aromatic rings. The molecule has 0 radical (unpaired) electrons. The van der Waals surface area contributed by atoms with E-state index < -0.39 is 10.0 Å². The van der Waals surface area contributed by atoms with Gasteiger partial charge in [0.1, 0.15) is 0 Å². The molecule has 1 atom stereocenters. The highest BCUT2D eigenvalue weighted by Crippen LogP contribution is 2.18. The van der Waals surface area contributed by atoms with Crippen molar-refractivity contribution in [1.82, 2.24) is 0 Å². The van der Waals surface area contributed by atoms with Crippen molar-refractivity contribution in [2.75, 3.05) is 19.0 Å². The van der Waals surface area contributed by atoms with E-state index in [4.69, 9.17) is 9.88 Å². The van der Waals surface area contributed by atoms with E-state index >= 15 is 0 Å². The summed E-state index contributed by atoms with van der Waals surface area (Å²) in [5, 5.41) is 5.00. The monoisotopic (exact) mass is 251 g/mol. The summed E-state index contributed by atoms with van der Waals surface area (Å²) in [6.45, 7) is 9.55. The molecular formula is C11H25NO3S. The van der Waals surface area contributed by atoms with Gasteiger partial charge in [-0.2, -0.15) is 0 Å². The second-order valence-corrected chi connectivity index (χ2v) is 7.15. The number of hydrogen-bond donors (Lipinski definition) is 1. The van der Waals surface area contributed by atoms with E-state index in [1.807, 2.05) is 6.92 Å². The van der Waals surface area contributed by atoms with Crippen LogP contribution in [0.1, 0.15) is 40.5 Å². The molecule has 4 nitrogen and oxygen atoms in total. The average molecular weight is 251 g/mol. The molecule has 0 rings (SSSR count). The first-order valence-corrected chi connectivity index (χ1v) is 7.44. The van der Waals surface area contributed by atoms with Crippen molar-refractivity contribution in [3.8, 4) is 0 Å². The number of sulfonamides is 1. The van der Waals surface area contributed by atoms with Crippen LogP contribution in [0.4, 0.5) is 0 Å². The smallest absolute Gasteiger partial charge is 0.209 e. The Morgan fingerprint density at radius 1 is 1.31 bits per heavy atom. The van der Waals surface area contributed by atoms with Gasteiger partial charge >= 0.3 is 0 Å². The largest absolute Gasteiger partial charge is 0.381 e. The number of primary sulfonamides is 1. The fourth-order valence-electron chi connectivity index (χ4n) is 1.24. The van der Waals surface area contributed by atoms with Crippen LogP contribution in [-0.4, -0.2) is 27.4 Å². The highest BCUT2D eigenvalue weighted by atomic mass is 32.2. The lowest BCUT2D eigenvalue weighted by Gasteiger charge is -2.19. The Morgan fingerprint density at radius 2 is 1.88 bits per heavy atom. The highest BCUT2D eigenvalue weighted by Gasteiger charge is 2.15. The van der Waals surface area contributed by atoms with Gasteiger partial charge in [0.05, 0.1) is 12.4 Å². The van der Waals surface area contributed by atoms with Crippen molar-refractivity contribution in [3.63, 3.8) is 0 Å². The van der Waals surface area contributed by atoms with Gasteiger partial charge in [-0.15, -0.1) is 0 Å². The van der Waals surface area contributed by atoms with E-state index in [-0.39, 0.29) is 17.1 Å². The van der Waals surface area contributed by atoms with Crippen LogP contribution < -0.4 is 5.14 Å². The fraction of sp³-hybridized carbons (Fsp3) is 1.00. The Balaban J connectivity index is 3.81. The molecule has 16 heavy (non-hydrogen) atoms. The molecule has 0 aliphatic heterocycles. The molecule has 0 aliphatic rings. The summed E-state index contributed by atoms with van der Waals surface area (Å²) in [6.07, 6.45) is 1.74. The van der Waals surface area contributed by atoms with Gasteiger partial charge < -0.3 is 4.74 Å². The zero-order valence-corrected chi connectivity index (χ0v) is 11.6. The van der Waals surface area contributed by atoms with E-state index in [0.717, 1.165) is 12.8 Å². The third-order valence-corrected chi connectivity index (χ3v) is 3.33. The Hall–Kier alpha value is -0.130. The van der Waals surface area contributed by atoms with Crippen LogP contribution in [0, 0.1) is 11.3 Å². The summed E-state index contributed by atoms with van der Waals surface area (Å²) >= 11 is 0. The molecule has 0 heterocycles. The maximum Gasteiger partial charge on any atom is 0.209 e. The Kier molecular flexibility index (Phi) is 6.51. The van der Waals surface area contributed by atoms with E-state index in [0.29, 0.717) is 13.2 Å². The van der Waals surface area contributed by atoms with Crippen LogP contribution in [0.25, 0.3) is 0 Å². The topological polar surface area (TPSA) is 69.4 Å². The predicted molar refractivity (Wildman–Crippen MR) is 66.6 cm³/mol. The van der Waals surface area contributed by atoms with Gasteiger partial charge in [-0.25, -0.2) is 13.6 Å². The third kappa shape index (κ3) is 10.4. The Bertz CT molecular complexity index is 280. The quantitative estimate of drug-likeness (QED) is 0.701. The van der Waals surface area contributed by atoms with E-state index in [1.165, 1.54) is 0 Å². The molecule has 0 fully saturated rings. The van der Waals surface area contributed by atoms with Gasteiger partial charge in [-0.05, 0) is 17.8 Å². The number of nitrogens with two attached hydrogens (primary N) is 1. The van der Waals surface area contributed by atoms with Gasteiger partial charge in [-0.3, -0.25) is 0 Å². The molecule has 0 aromatic carbocycles. The van der Waals surface area contributed by atoms with E-state index in [1.54, 1.807) is 0 Å². The van der Waals surface area contributed by atoms with Crippen molar-refractivity contribution in [2.45, 2.75) is 40.5 Å². The number of rotatable bonds is 7. The maximum absolute atomic E-state index is 10.9. The van der Waals surface area contributed by atoms with Crippen LogP contribution in [-0.2, 0) is 14.8 Å². The summed E-state index contributed by atoms with van der Waals surface area (Å²) in [5.41, 5.74) is 0.252. The van der Waals surface area contributed by atoms with Crippen molar-refractivity contribution in [2.24, 2.45) is 16.5 Å². The first kappa shape index (κ1) is 15.9. The van der Waals surface area contributed by atoms with Gasteiger partial charge in [0.25, 0.3) is 0 Å². The molecule has 0 aromatic heterocycles. The normalized spacial score (nSPS) is 15.1. The van der Waals surface area contributed by atoms with E-state index in [9.17, 15) is 8.42 Å². The summed E-state index contributed by atoms with van der Waals surface area (Å²) in [7, 11) is -3.38. The fourth-order valence-corrected chi connectivity index (χ4v) is 2.23. The van der Waals surface area contributed by atoms with Gasteiger partial charge in [0.15, 0.2) is 0 Å². The van der Waals surface area contributed by atoms with Crippen LogP contribution >= 0.6 is 0 Å². The average Bonchev–Trinajstić information content (AvgIpc) is 2.06. The first-order chi connectivity index (χ1) is 7.14. The molecule has 5 heteroatoms. The van der Waals surface area contributed by atoms with Crippen molar-refractivity contribution in [1.29, 1.82) is 0 Å². The summed E-state index contributed by atoms with van der Waals surface area (Å²) < 4.78 is 27.3. The molecule has 0 aliphatic carbocycles. The lowest BCUT2D eigenvalue weighted by molar-refractivity contribution is 0.0838. The second kappa shape index (κ2) is 6.57. The first-order valence-electron chi connectivity index (χ1n) is 5.72. The standard InChI is InChI=1S/C11H25NO3S/c1-5-10(9-16(12,13)14)8-15-7-6-11(2,3)4/h10H,5-9H2,1-4H3,(H2,12,13,14). The third-order valence-electron chi connectivity index (χ3n) is 2.40. The molecule has 0 saturated carbocycles. The molecule has 0 spiro atoms. The highest BCUT2D eigenvalue weighted by molar-refractivity contribution is 7.89. The SMILES string of the molecule is CCC(COCCC(C)(C)C)CS(N)(=O)=O. The van der Waals surface area contributed by atoms with Crippen molar-refractivity contribution in [3.05, 3.63) is 0 Å². The van der Waals surface area contributed by atoms with Crippen molar-refractivity contribution >= 4 is 10.0 Å². The van der Waals surface area contributed by atoms with Crippen LogP contribution in [0.3, 0.4) is 0 Å². The van der Waals surface area contributed by atoms with E-state index in [2.05, 4.69) is 20.8 Å². The lowest BCUT2D eigenvalue weighted by Crippen LogP contribution is -2.26. The molecule has 2 N–H and O–H groups in total. The minimum absolute atomic E-state index is 0.00923. The summed E-state index contributed by atoms with van der Waals surface area (Å²) in [4.78, 5) is 0. The lowest BCUT2D eigenvalue weighted by atomic mass is 9.93. The number of ether oxygens (including phenoxy) is 1. The molecule has 0 amide bonds. The molecule has 1 unspecified atom stereocenters. The minimum Gasteiger partial charge on any atom is -0.381 e. The summed E-state index contributed by atoms with van der Waals surface area (Å²) in [5.74, 6) is 0.0221. The van der Waals surface area contributed by atoms with Crippen LogP contribution in [0.15, 0.2) is 0 Å². The molecule has 0 bridgehead atoms. The zero-order chi connectivity index (χ0) is 12.8. The van der Waals surface area contributed by atoms with Crippen LogP contribution in [0.2, 0.25) is 0 Å². The van der Waals surface area contributed by atoms with Gasteiger partial charge in [0.2, 0.25) is 10.0 Å². The Morgan fingerprint density at radius 3 is 2.25 bits per heavy atom. The molecule has 0 saturated heterocycles. The number of hydrogen-bond acceptors (Lipinski definition) is 3. The van der Waals surface area contributed by atoms with Gasteiger partial charge in [-0.1, -0.05) is 34.1 Å². The van der Waals surface area contributed by atoms with Crippen LogP contribution in [0.5, 0.6) is 0 Å². The predicted octanol–water partition coefficient (Wildman–Crippen LogP) is 1.75. The molecular weight excluding hydrogens is 226 g/mol. The van der Waals surface area contributed by atoms with Crippen molar-refractivity contribution < 1.29 is 13.2 Å². The zero-order valence-electron chi connectivity index (χ0n) is 10.8. The maximum atomic E-state index is 10.9. The van der Waals surface area contributed by atoms with Gasteiger partial charge in [0, 0.05) is 6.61 Å². The Labute approximate surface area is 99.6 Å². The second-order valence-electron chi connectivity index (χ2n) is 5.49. The minimum atomic E-state index is -3.38. The molecule has 98 valence electrons.